The summed E-state index contributed by atoms with van der Waals surface area (Å²) in [7, 11) is 1.21. The van der Waals surface area contributed by atoms with E-state index in [9.17, 15) is 28.6 Å². The molecule has 0 bridgehead atoms. The van der Waals surface area contributed by atoms with E-state index < -0.39 is 35.1 Å². The molecule has 0 aliphatic carbocycles. The largest absolute Gasteiger partial charge is 0.491 e. The first-order valence-electron chi connectivity index (χ1n) is 7.59. The Morgan fingerprint density at radius 3 is 2.73 bits per heavy atom. The van der Waals surface area contributed by atoms with Gasteiger partial charge in [-0.2, -0.15) is 0 Å². The second-order valence-electron chi connectivity index (χ2n) is 5.69. The zero-order valence-electron chi connectivity index (χ0n) is 13.6. The minimum absolute atomic E-state index is 0.110. The summed E-state index contributed by atoms with van der Waals surface area (Å²) in [6.07, 6.45) is 0.134. The van der Waals surface area contributed by atoms with Crippen LogP contribution in [0.15, 0.2) is 18.2 Å². The van der Waals surface area contributed by atoms with Crippen LogP contribution >= 0.6 is 0 Å². The number of benzene rings is 1. The Morgan fingerprint density at radius 1 is 1.38 bits per heavy atom. The third-order valence-electron chi connectivity index (χ3n) is 4.15. The van der Waals surface area contributed by atoms with Crippen LogP contribution in [0.1, 0.15) is 32.0 Å². The molecule has 1 amide bonds. The SMILES string of the molecule is COc1c(O)nc(C(=O)O)c2c1C(=O)N(Cc1ccc(F)cc1F)CC2. The Balaban J connectivity index is 2.03. The van der Waals surface area contributed by atoms with Crippen molar-refractivity contribution in [2.75, 3.05) is 13.7 Å². The molecule has 136 valence electrons. The van der Waals surface area contributed by atoms with Crippen LogP contribution < -0.4 is 4.74 Å². The Bertz CT molecular complexity index is 917. The number of hydrogen-bond donors (Lipinski definition) is 2. The second kappa shape index (κ2) is 6.58. The normalized spacial score (nSPS) is 13.5. The Hall–Kier alpha value is -3.23. The monoisotopic (exact) mass is 364 g/mol. The molecule has 0 fully saturated rings. The number of aromatic nitrogens is 1. The molecule has 0 saturated heterocycles. The van der Waals surface area contributed by atoms with Crippen molar-refractivity contribution in [3.05, 3.63) is 52.2 Å². The molecule has 26 heavy (non-hydrogen) atoms. The van der Waals surface area contributed by atoms with Crippen molar-refractivity contribution in [2.24, 2.45) is 0 Å². The van der Waals surface area contributed by atoms with Gasteiger partial charge in [-0.05, 0) is 12.5 Å². The predicted molar refractivity (Wildman–Crippen MR) is 84.2 cm³/mol. The molecule has 1 aliphatic rings. The first-order chi connectivity index (χ1) is 12.3. The topological polar surface area (TPSA) is 100.0 Å². The molecular weight excluding hydrogens is 350 g/mol. The Labute approximate surface area is 146 Å². The number of aromatic hydroxyl groups is 1. The Morgan fingerprint density at radius 2 is 2.12 bits per heavy atom. The molecule has 0 spiro atoms. The molecule has 1 aromatic carbocycles. The average Bonchev–Trinajstić information content (AvgIpc) is 2.59. The quantitative estimate of drug-likeness (QED) is 0.860. The van der Waals surface area contributed by atoms with Crippen LogP contribution in [0.5, 0.6) is 11.6 Å². The number of hydrogen-bond acceptors (Lipinski definition) is 5. The summed E-state index contributed by atoms with van der Waals surface area (Å²) in [4.78, 5) is 29.0. The van der Waals surface area contributed by atoms with Gasteiger partial charge in [-0.1, -0.05) is 6.07 Å². The van der Waals surface area contributed by atoms with Gasteiger partial charge in [0.05, 0.1) is 12.7 Å². The van der Waals surface area contributed by atoms with Gasteiger partial charge in [-0.3, -0.25) is 4.79 Å². The number of methoxy groups -OCH3 is 1. The number of nitrogens with zero attached hydrogens (tertiary/aromatic N) is 2. The fraction of sp³-hybridized carbons (Fsp3) is 0.235. The fourth-order valence-corrected chi connectivity index (χ4v) is 2.94. The van der Waals surface area contributed by atoms with E-state index in [1.165, 1.54) is 18.1 Å². The molecule has 2 heterocycles. The van der Waals surface area contributed by atoms with Crippen LogP contribution in [0.4, 0.5) is 8.78 Å². The highest BCUT2D eigenvalue weighted by Gasteiger charge is 2.34. The van der Waals surface area contributed by atoms with Crippen molar-refractivity contribution in [1.29, 1.82) is 0 Å². The van der Waals surface area contributed by atoms with Crippen molar-refractivity contribution in [3.8, 4) is 11.6 Å². The minimum atomic E-state index is -1.38. The standard InChI is InChI=1S/C17H14F2N2O5/c1-26-14-12-10(13(17(24)25)20-15(14)22)4-5-21(16(12)23)7-8-2-3-9(18)6-11(8)19/h2-3,6H,4-5,7H2,1H3,(H,20,22)(H,24,25). The second-order valence-corrected chi connectivity index (χ2v) is 5.69. The number of pyridine rings is 1. The van der Waals surface area contributed by atoms with Crippen molar-refractivity contribution < 1.29 is 33.3 Å². The maximum absolute atomic E-state index is 13.9. The lowest BCUT2D eigenvalue weighted by molar-refractivity contribution is 0.0682. The number of amides is 1. The number of ether oxygens (including phenoxy) is 1. The van der Waals surface area contributed by atoms with Crippen molar-refractivity contribution in [2.45, 2.75) is 13.0 Å². The summed E-state index contributed by atoms with van der Waals surface area (Å²) in [5, 5.41) is 19.1. The summed E-state index contributed by atoms with van der Waals surface area (Å²) >= 11 is 0. The van der Waals surface area contributed by atoms with Crippen molar-refractivity contribution in [3.63, 3.8) is 0 Å². The lowest BCUT2D eigenvalue weighted by Gasteiger charge is -2.30. The van der Waals surface area contributed by atoms with Gasteiger partial charge in [-0.15, -0.1) is 0 Å². The van der Waals surface area contributed by atoms with Crippen LogP contribution in [-0.2, 0) is 13.0 Å². The van der Waals surface area contributed by atoms with Crippen LogP contribution in [-0.4, -0.2) is 45.6 Å². The summed E-state index contributed by atoms with van der Waals surface area (Å²) < 4.78 is 31.9. The van der Waals surface area contributed by atoms with E-state index in [4.69, 9.17) is 4.74 Å². The molecule has 3 rings (SSSR count). The zero-order valence-corrected chi connectivity index (χ0v) is 13.6. The van der Waals surface area contributed by atoms with E-state index in [2.05, 4.69) is 4.98 Å². The molecule has 7 nitrogen and oxygen atoms in total. The third kappa shape index (κ3) is 2.92. The van der Waals surface area contributed by atoms with E-state index in [-0.39, 0.29) is 42.0 Å². The molecular formula is C17H14F2N2O5. The molecule has 2 aromatic rings. The van der Waals surface area contributed by atoms with Gasteiger partial charge >= 0.3 is 5.97 Å². The molecule has 1 aliphatic heterocycles. The number of halogens is 2. The molecule has 0 radical (unpaired) electrons. The maximum atomic E-state index is 13.9. The number of carboxylic acids is 1. The summed E-state index contributed by atoms with van der Waals surface area (Å²) in [6.45, 7) is -0.0302. The first kappa shape index (κ1) is 17.6. The highest BCUT2D eigenvalue weighted by atomic mass is 19.1. The summed E-state index contributed by atoms with van der Waals surface area (Å²) in [5.41, 5.74) is -0.294. The van der Waals surface area contributed by atoms with Gasteiger partial charge in [0.15, 0.2) is 11.4 Å². The van der Waals surface area contributed by atoms with Gasteiger partial charge in [0.25, 0.3) is 11.8 Å². The summed E-state index contributed by atoms with van der Waals surface area (Å²) in [6, 6.07) is 3.04. The lowest BCUT2D eigenvalue weighted by Crippen LogP contribution is -2.38. The van der Waals surface area contributed by atoms with Crippen LogP contribution in [0.25, 0.3) is 0 Å². The molecule has 0 atom stereocenters. The number of rotatable bonds is 4. The van der Waals surface area contributed by atoms with E-state index in [0.29, 0.717) is 0 Å². The van der Waals surface area contributed by atoms with Crippen molar-refractivity contribution >= 4 is 11.9 Å². The zero-order chi connectivity index (χ0) is 19.0. The minimum Gasteiger partial charge on any atom is -0.491 e. The first-order valence-corrected chi connectivity index (χ1v) is 7.59. The highest BCUT2D eigenvalue weighted by Crippen LogP contribution is 2.36. The third-order valence-corrected chi connectivity index (χ3v) is 4.15. The molecule has 2 N–H and O–H groups in total. The van der Waals surface area contributed by atoms with E-state index in [0.717, 1.165) is 12.1 Å². The molecule has 0 unspecified atom stereocenters. The fourth-order valence-electron chi connectivity index (χ4n) is 2.94. The number of carboxylic acid groups (broad SMARTS) is 1. The average molecular weight is 364 g/mol. The molecule has 1 aromatic heterocycles. The number of aromatic carboxylic acids is 1. The van der Waals surface area contributed by atoms with Gasteiger partial charge in [0, 0.05) is 30.3 Å². The van der Waals surface area contributed by atoms with Crippen LogP contribution in [0.3, 0.4) is 0 Å². The maximum Gasteiger partial charge on any atom is 0.354 e. The summed E-state index contributed by atoms with van der Waals surface area (Å²) in [5.74, 6) is -4.49. The van der Waals surface area contributed by atoms with E-state index in [1.807, 2.05) is 0 Å². The number of carbonyl (C=O) groups excluding carboxylic acids is 1. The van der Waals surface area contributed by atoms with Gasteiger partial charge < -0.3 is 19.8 Å². The van der Waals surface area contributed by atoms with E-state index >= 15 is 0 Å². The van der Waals surface area contributed by atoms with Gasteiger partial charge in [0.2, 0.25) is 0 Å². The van der Waals surface area contributed by atoms with E-state index in [1.54, 1.807) is 0 Å². The molecule has 9 heteroatoms. The van der Waals surface area contributed by atoms with Gasteiger partial charge in [0.1, 0.15) is 11.6 Å². The Kier molecular flexibility index (Phi) is 4.45. The van der Waals surface area contributed by atoms with Gasteiger partial charge in [-0.25, -0.2) is 18.6 Å². The predicted octanol–water partition coefficient (Wildman–Crippen LogP) is 1.97. The highest BCUT2D eigenvalue weighted by molar-refractivity contribution is 6.03. The van der Waals surface area contributed by atoms with Crippen LogP contribution in [0.2, 0.25) is 0 Å². The number of carbonyl (C=O) groups is 2. The van der Waals surface area contributed by atoms with Crippen LogP contribution in [0, 0.1) is 11.6 Å². The smallest absolute Gasteiger partial charge is 0.354 e. The lowest BCUT2D eigenvalue weighted by atomic mass is 9.96. The van der Waals surface area contributed by atoms with Crippen molar-refractivity contribution in [1.82, 2.24) is 9.88 Å². The number of fused-ring (bicyclic) bond motifs is 1. The molecule has 0 saturated carbocycles.